The first-order valence-electron chi connectivity index (χ1n) is 3.28. The van der Waals surface area contributed by atoms with E-state index in [2.05, 4.69) is 0 Å². The van der Waals surface area contributed by atoms with Gasteiger partial charge in [-0.2, -0.15) is 4.89 Å². The minimum atomic E-state index is 0. The van der Waals surface area contributed by atoms with E-state index in [1.54, 1.807) is 0 Å². The van der Waals surface area contributed by atoms with Crippen LogP contribution in [0.1, 0.15) is 8.35 Å². The molecule has 2 heteroatoms. The maximum absolute atomic E-state index is 4.86. The molecule has 0 aliphatic carbocycles. The van der Waals surface area contributed by atoms with Crippen molar-refractivity contribution in [2.24, 2.45) is 0 Å². The standard InChI is InChI=1S/C8H10O2/c1-2-9-10-8-6-4-3-5-7-8/h3-7H,2H2,1H3/p+1. The van der Waals surface area contributed by atoms with Crippen LogP contribution >= 0.6 is 0 Å². The predicted octanol–water partition coefficient (Wildman–Crippen LogP) is 2.13. The Morgan fingerprint density at radius 2 is 2.00 bits per heavy atom. The third-order valence-electron chi connectivity index (χ3n) is 1.02. The van der Waals surface area contributed by atoms with Crippen molar-refractivity contribution in [3.05, 3.63) is 30.3 Å². The van der Waals surface area contributed by atoms with Crippen LogP contribution in [0, 0.1) is 0 Å². The van der Waals surface area contributed by atoms with E-state index in [1.165, 1.54) is 0 Å². The van der Waals surface area contributed by atoms with Crippen molar-refractivity contribution in [3.8, 4) is 5.75 Å². The van der Waals surface area contributed by atoms with Crippen molar-refractivity contribution in [1.29, 1.82) is 0 Å². The van der Waals surface area contributed by atoms with Crippen LogP contribution in [0.25, 0.3) is 0 Å². The Hall–Kier alpha value is -1.02. The summed E-state index contributed by atoms with van der Waals surface area (Å²) in [6, 6.07) is 9.41. The van der Waals surface area contributed by atoms with Crippen LogP contribution in [0.15, 0.2) is 30.3 Å². The maximum atomic E-state index is 4.86. The van der Waals surface area contributed by atoms with Crippen molar-refractivity contribution in [3.63, 3.8) is 0 Å². The molecule has 0 radical (unpaired) electrons. The SMILES string of the molecule is CCOOc1ccccc1.[H+]. The molecule has 0 atom stereocenters. The van der Waals surface area contributed by atoms with Gasteiger partial charge in [0.1, 0.15) is 0 Å². The van der Waals surface area contributed by atoms with E-state index in [0.717, 1.165) is 5.75 Å². The molecule has 0 fully saturated rings. The molecule has 54 valence electrons. The Balaban J connectivity index is 0.000001000. The molecule has 1 rings (SSSR count). The largest absolute Gasteiger partial charge is 1.00 e. The zero-order chi connectivity index (χ0) is 7.23. The zero-order valence-electron chi connectivity index (χ0n) is 6.91. The summed E-state index contributed by atoms with van der Waals surface area (Å²) in [6.45, 7) is 2.44. The highest BCUT2D eigenvalue weighted by Crippen LogP contribution is 2.07. The highest BCUT2D eigenvalue weighted by Gasteiger charge is 1.87. The third-order valence-corrected chi connectivity index (χ3v) is 1.02. The lowest BCUT2D eigenvalue weighted by atomic mass is 10.3. The second kappa shape index (κ2) is 3.90. The van der Waals surface area contributed by atoms with Crippen LogP contribution in [-0.2, 0) is 4.89 Å². The van der Waals surface area contributed by atoms with E-state index < -0.39 is 0 Å². The van der Waals surface area contributed by atoms with E-state index in [0.29, 0.717) is 6.61 Å². The van der Waals surface area contributed by atoms with E-state index in [4.69, 9.17) is 9.78 Å². The van der Waals surface area contributed by atoms with E-state index in [9.17, 15) is 0 Å². The number of hydrogen-bond donors (Lipinski definition) is 0. The molecular formula is C8H11O2+. The molecule has 0 spiro atoms. The summed E-state index contributed by atoms with van der Waals surface area (Å²) in [5.41, 5.74) is 0. The van der Waals surface area contributed by atoms with Crippen LogP contribution in [0.3, 0.4) is 0 Å². The number of benzene rings is 1. The number of rotatable bonds is 3. The van der Waals surface area contributed by atoms with Gasteiger partial charge in [0.15, 0.2) is 5.75 Å². The van der Waals surface area contributed by atoms with Gasteiger partial charge in [-0.1, -0.05) is 18.2 Å². The lowest BCUT2D eigenvalue weighted by Gasteiger charge is -2.00. The topological polar surface area (TPSA) is 18.5 Å². The Morgan fingerprint density at radius 1 is 1.30 bits per heavy atom. The van der Waals surface area contributed by atoms with Gasteiger partial charge in [0.2, 0.25) is 0 Å². The second-order valence-electron chi connectivity index (χ2n) is 1.80. The van der Waals surface area contributed by atoms with Crippen LogP contribution in [0.5, 0.6) is 5.75 Å². The summed E-state index contributed by atoms with van der Waals surface area (Å²) >= 11 is 0. The fourth-order valence-corrected chi connectivity index (χ4v) is 0.603. The summed E-state index contributed by atoms with van der Waals surface area (Å²) in [5.74, 6) is 0.740. The van der Waals surface area contributed by atoms with Crippen molar-refractivity contribution < 1.29 is 11.2 Å². The molecule has 0 aromatic heterocycles. The summed E-state index contributed by atoms with van der Waals surface area (Å²) in [4.78, 5) is 9.57. The molecule has 0 saturated heterocycles. The lowest BCUT2D eigenvalue weighted by molar-refractivity contribution is -0.202. The Morgan fingerprint density at radius 3 is 2.60 bits per heavy atom. The Bertz CT molecular complexity index is 177. The number of para-hydroxylation sites is 1. The van der Waals surface area contributed by atoms with Crippen LogP contribution < -0.4 is 4.89 Å². The molecule has 0 N–H and O–H groups in total. The molecule has 10 heavy (non-hydrogen) atoms. The fourth-order valence-electron chi connectivity index (χ4n) is 0.603. The third kappa shape index (κ3) is 2.07. The van der Waals surface area contributed by atoms with Crippen molar-refractivity contribution >= 4 is 0 Å². The molecule has 0 aliphatic rings. The zero-order valence-corrected chi connectivity index (χ0v) is 5.91. The van der Waals surface area contributed by atoms with Crippen molar-refractivity contribution in [2.45, 2.75) is 6.92 Å². The molecule has 0 bridgehead atoms. The Labute approximate surface area is 61.8 Å². The van der Waals surface area contributed by atoms with Gasteiger partial charge >= 0.3 is 1.43 Å². The van der Waals surface area contributed by atoms with Gasteiger partial charge in [-0.3, -0.25) is 0 Å². The summed E-state index contributed by atoms with van der Waals surface area (Å²) in [6.07, 6.45) is 0. The summed E-state index contributed by atoms with van der Waals surface area (Å²) in [5, 5.41) is 0. The van der Waals surface area contributed by atoms with Crippen molar-refractivity contribution in [2.75, 3.05) is 6.61 Å². The van der Waals surface area contributed by atoms with Gasteiger partial charge in [0.05, 0.1) is 6.61 Å². The van der Waals surface area contributed by atoms with Crippen LogP contribution in [0.4, 0.5) is 0 Å². The van der Waals surface area contributed by atoms with Crippen molar-refractivity contribution in [1.82, 2.24) is 0 Å². The molecule has 0 saturated carbocycles. The molecule has 0 unspecified atom stereocenters. The minimum absolute atomic E-state index is 0. The minimum Gasteiger partial charge on any atom is -0.338 e. The highest BCUT2D eigenvalue weighted by molar-refractivity contribution is 5.20. The van der Waals surface area contributed by atoms with Gasteiger partial charge in [-0.15, -0.1) is 0 Å². The van der Waals surface area contributed by atoms with E-state index >= 15 is 0 Å². The smallest absolute Gasteiger partial charge is 0.338 e. The van der Waals surface area contributed by atoms with Gasteiger partial charge in [-0.05, 0) is 19.1 Å². The van der Waals surface area contributed by atoms with E-state index in [1.807, 2.05) is 37.3 Å². The first-order chi connectivity index (χ1) is 4.93. The molecule has 2 nitrogen and oxygen atoms in total. The average molecular weight is 139 g/mol. The second-order valence-corrected chi connectivity index (χ2v) is 1.80. The summed E-state index contributed by atoms with van der Waals surface area (Å²) < 4.78 is 0. The van der Waals surface area contributed by atoms with E-state index in [-0.39, 0.29) is 1.43 Å². The fraction of sp³-hybridized carbons (Fsp3) is 0.250. The molecule has 0 amide bonds. The van der Waals surface area contributed by atoms with Gasteiger partial charge in [0, 0.05) is 0 Å². The van der Waals surface area contributed by atoms with Gasteiger partial charge in [-0.25, -0.2) is 0 Å². The number of hydrogen-bond acceptors (Lipinski definition) is 2. The molecule has 1 aromatic rings. The average Bonchev–Trinajstić information content (AvgIpc) is 2.03. The molecular weight excluding hydrogens is 128 g/mol. The lowest BCUT2D eigenvalue weighted by Crippen LogP contribution is -1.94. The normalized spacial score (nSPS) is 9.30. The predicted molar refractivity (Wildman–Crippen MR) is 39.8 cm³/mol. The Kier molecular flexibility index (Phi) is 2.77. The highest BCUT2D eigenvalue weighted by atomic mass is 17.2. The quantitative estimate of drug-likeness (QED) is 0.471. The molecule has 0 aliphatic heterocycles. The monoisotopic (exact) mass is 139 g/mol. The maximum Gasteiger partial charge on any atom is 1.00 e. The summed E-state index contributed by atoms with van der Waals surface area (Å²) in [7, 11) is 0. The van der Waals surface area contributed by atoms with Crippen LogP contribution in [0.2, 0.25) is 0 Å². The molecule has 1 aromatic carbocycles. The van der Waals surface area contributed by atoms with Gasteiger partial charge < -0.3 is 4.89 Å². The molecule has 0 heterocycles. The first kappa shape index (κ1) is 7.09. The van der Waals surface area contributed by atoms with Gasteiger partial charge in [0.25, 0.3) is 0 Å². The first-order valence-corrected chi connectivity index (χ1v) is 3.28. The van der Waals surface area contributed by atoms with Crippen LogP contribution in [-0.4, -0.2) is 6.61 Å².